The molecule has 0 atom stereocenters. The molecule has 3 heteroatoms. The Morgan fingerprint density at radius 3 is 2.32 bits per heavy atom. The second-order valence-electron chi connectivity index (χ2n) is 5.37. The van der Waals surface area contributed by atoms with Crippen LogP contribution in [0.2, 0.25) is 0 Å². The van der Waals surface area contributed by atoms with E-state index < -0.39 is 0 Å². The van der Waals surface area contributed by atoms with Crippen LogP contribution in [0.25, 0.3) is 0 Å². The number of hydrogen-bond acceptors (Lipinski definition) is 3. The Morgan fingerprint density at radius 1 is 1.05 bits per heavy atom. The molecule has 0 bridgehead atoms. The van der Waals surface area contributed by atoms with Crippen molar-refractivity contribution in [2.75, 3.05) is 32.7 Å². The largest absolute Gasteiger partial charge is 0.301 e. The number of aryl methyl sites for hydroxylation is 1. The number of unbranched alkanes of at least 4 members (excludes halogenated alkanes) is 1. The topological polar surface area (TPSA) is 30.3 Å². The summed E-state index contributed by atoms with van der Waals surface area (Å²) in [5.74, 6) is 0. The zero-order chi connectivity index (χ0) is 13.5. The molecular weight excluding hydrogens is 234 g/mol. The van der Waals surface area contributed by atoms with Gasteiger partial charge in [0.1, 0.15) is 0 Å². The highest BCUT2D eigenvalue weighted by Crippen LogP contribution is 2.10. The molecule has 0 amide bonds. The molecular formula is C16H23N3. The zero-order valence-corrected chi connectivity index (χ0v) is 11.8. The van der Waals surface area contributed by atoms with Gasteiger partial charge in [-0.05, 0) is 25.5 Å². The number of benzene rings is 1. The lowest BCUT2D eigenvalue weighted by Crippen LogP contribution is -2.46. The summed E-state index contributed by atoms with van der Waals surface area (Å²) in [5, 5.41) is 8.54. The molecule has 1 aliphatic heterocycles. The van der Waals surface area contributed by atoms with Crippen LogP contribution in [0, 0.1) is 18.3 Å². The van der Waals surface area contributed by atoms with E-state index in [-0.39, 0.29) is 0 Å². The normalized spacial score (nSPS) is 17.3. The lowest BCUT2D eigenvalue weighted by molar-refractivity contribution is 0.126. The number of nitriles is 1. The first kappa shape index (κ1) is 14.0. The van der Waals surface area contributed by atoms with Crippen molar-refractivity contribution in [3.8, 4) is 6.07 Å². The summed E-state index contributed by atoms with van der Waals surface area (Å²) in [4.78, 5) is 4.99. The van der Waals surface area contributed by atoms with Crippen LogP contribution in [0.1, 0.15) is 24.0 Å². The third-order valence-corrected chi connectivity index (χ3v) is 3.75. The van der Waals surface area contributed by atoms with Crippen molar-refractivity contribution in [3.05, 3.63) is 35.4 Å². The Bertz CT molecular complexity index is 411. The van der Waals surface area contributed by atoms with Gasteiger partial charge in [0.25, 0.3) is 0 Å². The molecule has 3 nitrogen and oxygen atoms in total. The monoisotopic (exact) mass is 257 g/mol. The fourth-order valence-corrected chi connectivity index (χ4v) is 2.50. The Morgan fingerprint density at radius 2 is 1.68 bits per heavy atom. The average Bonchev–Trinajstić information content (AvgIpc) is 2.44. The maximum absolute atomic E-state index is 8.54. The summed E-state index contributed by atoms with van der Waals surface area (Å²) in [6, 6.07) is 11.1. The predicted molar refractivity (Wildman–Crippen MR) is 77.7 cm³/mol. The van der Waals surface area contributed by atoms with Crippen LogP contribution < -0.4 is 0 Å². The smallest absolute Gasteiger partial charge is 0.0622 e. The molecule has 1 fully saturated rings. The van der Waals surface area contributed by atoms with Gasteiger partial charge in [-0.2, -0.15) is 5.26 Å². The van der Waals surface area contributed by atoms with Gasteiger partial charge < -0.3 is 4.90 Å². The van der Waals surface area contributed by atoms with Crippen LogP contribution in [0.15, 0.2) is 24.3 Å². The molecule has 1 saturated heterocycles. The lowest BCUT2D eigenvalue weighted by Gasteiger charge is -2.34. The first-order valence-electron chi connectivity index (χ1n) is 7.15. The molecule has 102 valence electrons. The zero-order valence-electron chi connectivity index (χ0n) is 11.8. The standard InChI is InChI=1S/C16H23N3/c1-15-4-6-16(7-5-15)14-19-12-10-18(11-13-19)9-3-2-8-17/h4-7H,2-3,9-14H2,1H3. The molecule has 0 spiro atoms. The van der Waals surface area contributed by atoms with E-state index in [1.807, 2.05) is 0 Å². The Balaban J connectivity index is 1.71. The van der Waals surface area contributed by atoms with Crippen LogP contribution in [0.5, 0.6) is 0 Å². The van der Waals surface area contributed by atoms with Crippen LogP contribution in [0.4, 0.5) is 0 Å². The van der Waals surface area contributed by atoms with E-state index in [1.165, 1.54) is 11.1 Å². The second-order valence-corrected chi connectivity index (χ2v) is 5.37. The van der Waals surface area contributed by atoms with E-state index >= 15 is 0 Å². The molecule has 0 aromatic heterocycles. The highest BCUT2D eigenvalue weighted by molar-refractivity contribution is 5.21. The summed E-state index contributed by atoms with van der Waals surface area (Å²) in [6.45, 7) is 8.82. The lowest BCUT2D eigenvalue weighted by atomic mass is 10.1. The van der Waals surface area contributed by atoms with Gasteiger partial charge in [0.15, 0.2) is 0 Å². The summed E-state index contributed by atoms with van der Waals surface area (Å²) < 4.78 is 0. The molecule has 1 heterocycles. The van der Waals surface area contributed by atoms with E-state index in [1.54, 1.807) is 0 Å². The SMILES string of the molecule is Cc1ccc(CN2CCN(CCCC#N)CC2)cc1. The van der Waals surface area contributed by atoms with Gasteiger partial charge in [-0.25, -0.2) is 0 Å². The number of nitrogens with zero attached hydrogens (tertiary/aromatic N) is 3. The number of rotatable bonds is 5. The van der Waals surface area contributed by atoms with E-state index in [4.69, 9.17) is 5.26 Å². The minimum absolute atomic E-state index is 0.684. The Kier molecular flexibility index (Phi) is 5.38. The van der Waals surface area contributed by atoms with E-state index in [2.05, 4.69) is 47.1 Å². The second kappa shape index (κ2) is 7.28. The summed E-state index contributed by atoms with van der Waals surface area (Å²) >= 11 is 0. The van der Waals surface area contributed by atoms with Crippen LogP contribution in [-0.2, 0) is 6.54 Å². The molecule has 0 N–H and O–H groups in total. The molecule has 1 aromatic rings. The summed E-state index contributed by atoms with van der Waals surface area (Å²) in [6.07, 6.45) is 1.69. The fraction of sp³-hybridized carbons (Fsp3) is 0.562. The Labute approximate surface area is 116 Å². The molecule has 19 heavy (non-hydrogen) atoms. The molecule has 0 saturated carbocycles. The first-order valence-corrected chi connectivity index (χ1v) is 7.15. The molecule has 1 aromatic carbocycles. The molecule has 0 aliphatic carbocycles. The maximum Gasteiger partial charge on any atom is 0.0622 e. The first-order chi connectivity index (χ1) is 9.28. The fourth-order valence-electron chi connectivity index (χ4n) is 2.50. The van der Waals surface area contributed by atoms with Gasteiger partial charge in [-0.15, -0.1) is 0 Å². The van der Waals surface area contributed by atoms with Crippen molar-refractivity contribution in [2.24, 2.45) is 0 Å². The molecule has 1 aliphatic rings. The highest BCUT2D eigenvalue weighted by atomic mass is 15.3. The minimum Gasteiger partial charge on any atom is -0.301 e. The van der Waals surface area contributed by atoms with Crippen molar-refractivity contribution in [1.29, 1.82) is 5.26 Å². The molecule has 2 rings (SSSR count). The summed E-state index contributed by atoms with van der Waals surface area (Å²) in [5.41, 5.74) is 2.73. The van der Waals surface area contributed by atoms with Gasteiger partial charge in [-0.1, -0.05) is 29.8 Å². The average molecular weight is 257 g/mol. The van der Waals surface area contributed by atoms with Crippen molar-refractivity contribution < 1.29 is 0 Å². The molecule has 0 radical (unpaired) electrons. The van der Waals surface area contributed by atoms with Crippen molar-refractivity contribution in [2.45, 2.75) is 26.3 Å². The number of piperazine rings is 1. The predicted octanol–water partition coefficient (Wildman–Crippen LogP) is 2.42. The Hall–Kier alpha value is -1.37. The van der Waals surface area contributed by atoms with Crippen LogP contribution in [0.3, 0.4) is 0 Å². The van der Waals surface area contributed by atoms with Gasteiger partial charge >= 0.3 is 0 Å². The van der Waals surface area contributed by atoms with E-state index in [0.29, 0.717) is 6.42 Å². The van der Waals surface area contributed by atoms with E-state index in [9.17, 15) is 0 Å². The van der Waals surface area contributed by atoms with Crippen LogP contribution >= 0.6 is 0 Å². The van der Waals surface area contributed by atoms with Gasteiger partial charge in [-0.3, -0.25) is 4.90 Å². The molecule has 0 unspecified atom stereocenters. The van der Waals surface area contributed by atoms with Crippen LogP contribution in [-0.4, -0.2) is 42.5 Å². The quantitative estimate of drug-likeness (QED) is 0.759. The minimum atomic E-state index is 0.684. The van der Waals surface area contributed by atoms with Crippen molar-refractivity contribution >= 4 is 0 Å². The van der Waals surface area contributed by atoms with Crippen molar-refractivity contribution in [3.63, 3.8) is 0 Å². The summed E-state index contributed by atoms with van der Waals surface area (Å²) in [7, 11) is 0. The van der Waals surface area contributed by atoms with Gasteiger partial charge in [0.05, 0.1) is 6.07 Å². The van der Waals surface area contributed by atoms with Gasteiger partial charge in [0.2, 0.25) is 0 Å². The number of hydrogen-bond donors (Lipinski definition) is 0. The maximum atomic E-state index is 8.54. The third-order valence-electron chi connectivity index (χ3n) is 3.75. The third kappa shape index (κ3) is 4.66. The van der Waals surface area contributed by atoms with E-state index in [0.717, 1.165) is 45.7 Å². The highest BCUT2D eigenvalue weighted by Gasteiger charge is 2.16. The van der Waals surface area contributed by atoms with Gasteiger partial charge in [0, 0.05) is 39.1 Å². The van der Waals surface area contributed by atoms with Crippen molar-refractivity contribution in [1.82, 2.24) is 9.80 Å².